The molecule has 0 aliphatic rings. The summed E-state index contributed by atoms with van der Waals surface area (Å²) >= 11 is 0. The average Bonchev–Trinajstić information content (AvgIpc) is 2.53. The predicted octanol–water partition coefficient (Wildman–Crippen LogP) is 2.89. The number of nitrogens with one attached hydrogen (secondary N) is 1. The Hall–Kier alpha value is -2.60. The van der Waals surface area contributed by atoms with Crippen LogP contribution in [0, 0.1) is 0 Å². The SMILES string of the molecule is COC(=O)c1cccc(NS(=O)(=O)/C=C/c2ccccc2)c1. The van der Waals surface area contributed by atoms with E-state index >= 15 is 0 Å². The maximum atomic E-state index is 12.0. The molecular weight excluding hydrogens is 302 g/mol. The largest absolute Gasteiger partial charge is 0.465 e. The Kier molecular flexibility index (Phi) is 4.95. The van der Waals surface area contributed by atoms with E-state index in [1.807, 2.05) is 18.2 Å². The molecule has 2 rings (SSSR count). The van der Waals surface area contributed by atoms with Gasteiger partial charge in [0.2, 0.25) is 0 Å². The number of sulfonamides is 1. The Balaban J connectivity index is 2.15. The fourth-order valence-corrected chi connectivity index (χ4v) is 2.62. The molecule has 0 bridgehead atoms. The molecule has 2 aromatic carbocycles. The topological polar surface area (TPSA) is 72.5 Å². The number of rotatable bonds is 5. The van der Waals surface area contributed by atoms with E-state index in [4.69, 9.17) is 0 Å². The van der Waals surface area contributed by atoms with Gasteiger partial charge in [-0.15, -0.1) is 0 Å². The molecule has 0 saturated heterocycles. The second kappa shape index (κ2) is 6.91. The van der Waals surface area contributed by atoms with Gasteiger partial charge in [-0.05, 0) is 29.8 Å². The first kappa shape index (κ1) is 15.8. The molecule has 114 valence electrons. The third-order valence-corrected chi connectivity index (χ3v) is 3.80. The molecule has 0 fully saturated rings. The predicted molar refractivity (Wildman–Crippen MR) is 85.8 cm³/mol. The van der Waals surface area contributed by atoms with Crippen molar-refractivity contribution in [3.8, 4) is 0 Å². The summed E-state index contributed by atoms with van der Waals surface area (Å²) in [6.07, 6.45) is 1.49. The van der Waals surface area contributed by atoms with Crippen molar-refractivity contribution in [1.29, 1.82) is 0 Å². The smallest absolute Gasteiger partial charge is 0.337 e. The summed E-state index contributed by atoms with van der Waals surface area (Å²) in [5.41, 5.74) is 1.34. The molecule has 0 unspecified atom stereocenters. The summed E-state index contributed by atoms with van der Waals surface area (Å²) in [5.74, 6) is -0.527. The van der Waals surface area contributed by atoms with E-state index in [9.17, 15) is 13.2 Å². The molecule has 0 aromatic heterocycles. The van der Waals surface area contributed by atoms with E-state index in [0.717, 1.165) is 11.0 Å². The maximum absolute atomic E-state index is 12.0. The van der Waals surface area contributed by atoms with Crippen LogP contribution in [0.2, 0.25) is 0 Å². The highest BCUT2D eigenvalue weighted by Gasteiger charge is 2.09. The Morgan fingerprint density at radius 2 is 1.82 bits per heavy atom. The van der Waals surface area contributed by atoms with E-state index in [-0.39, 0.29) is 5.56 Å². The van der Waals surface area contributed by atoms with Crippen molar-refractivity contribution in [1.82, 2.24) is 0 Å². The minimum Gasteiger partial charge on any atom is -0.465 e. The van der Waals surface area contributed by atoms with Crippen molar-refractivity contribution >= 4 is 27.8 Å². The van der Waals surface area contributed by atoms with Crippen LogP contribution in [0.25, 0.3) is 6.08 Å². The summed E-state index contributed by atoms with van der Waals surface area (Å²) in [6.45, 7) is 0. The van der Waals surface area contributed by atoms with Gasteiger partial charge in [0.05, 0.1) is 18.1 Å². The number of esters is 1. The van der Waals surface area contributed by atoms with Crippen molar-refractivity contribution < 1.29 is 17.9 Å². The van der Waals surface area contributed by atoms with Crippen LogP contribution in [0.3, 0.4) is 0 Å². The molecule has 0 aliphatic carbocycles. The molecule has 5 nitrogen and oxygen atoms in total. The first-order valence-corrected chi connectivity index (χ1v) is 7.99. The standard InChI is InChI=1S/C16H15NO4S/c1-21-16(18)14-8-5-9-15(12-14)17-22(19,20)11-10-13-6-3-2-4-7-13/h2-12,17H,1H3/b11-10+. The van der Waals surface area contributed by atoms with Crippen LogP contribution in [-0.4, -0.2) is 21.5 Å². The number of benzene rings is 2. The van der Waals surface area contributed by atoms with Crippen molar-refractivity contribution in [2.45, 2.75) is 0 Å². The minimum absolute atomic E-state index is 0.273. The number of anilines is 1. The van der Waals surface area contributed by atoms with Gasteiger partial charge in [0, 0.05) is 5.69 Å². The van der Waals surface area contributed by atoms with Crippen LogP contribution < -0.4 is 4.72 Å². The molecular formula is C16H15NO4S. The monoisotopic (exact) mass is 317 g/mol. The molecule has 0 atom stereocenters. The highest BCUT2D eigenvalue weighted by Crippen LogP contribution is 2.14. The summed E-state index contributed by atoms with van der Waals surface area (Å²) in [7, 11) is -2.40. The maximum Gasteiger partial charge on any atom is 0.337 e. The Bertz CT molecular complexity index is 783. The van der Waals surface area contributed by atoms with Crippen LogP contribution in [-0.2, 0) is 14.8 Å². The fraction of sp³-hybridized carbons (Fsp3) is 0.0625. The van der Waals surface area contributed by atoms with E-state index in [1.165, 1.54) is 19.3 Å². The lowest BCUT2D eigenvalue weighted by Gasteiger charge is -2.06. The van der Waals surface area contributed by atoms with Gasteiger partial charge in [0.1, 0.15) is 0 Å². The molecule has 22 heavy (non-hydrogen) atoms. The first-order valence-electron chi connectivity index (χ1n) is 6.44. The summed E-state index contributed by atoms with van der Waals surface area (Å²) in [6, 6.07) is 15.2. The molecule has 0 saturated carbocycles. The van der Waals surface area contributed by atoms with Gasteiger partial charge in [-0.2, -0.15) is 0 Å². The molecule has 2 aromatic rings. The molecule has 0 spiro atoms. The zero-order valence-electron chi connectivity index (χ0n) is 11.9. The number of hydrogen-bond donors (Lipinski definition) is 1. The average molecular weight is 317 g/mol. The summed E-state index contributed by atoms with van der Waals surface area (Å²) in [4.78, 5) is 11.4. The van der Waals surface area contributed by atoms with Crippen molar-refractivity contribution in [3.05, 3.63) is 71.1 Å². The number of carbonyl (C=O) groups excluding carboxylic acids is 1. The molecule has 0 aliphatic heterocycles. The highest BCUT2D eigenvalue weighted by atomic mass is 32.2. The Morgan fingerprint density at radius 3 is 2.50 bits per heavy atom. The zero-order chi connectivity index (χ0) is 16.0. The molecule has 0 radical (unpaired) electrons. The zero-order valence-corrected chi connectivity index (χ0v) is 12.7. The van der Waals surface area contributed by atoms with Crippen LogP contribution in [0.1, 0.15) is 15.9 Å². The third-order valence-electron chi connectivity index (χ3n) is 2.78. The van der Waals surface area contributed by atoms with Crippen LogP contribution in [0.5, 0.6) is 0 Å². The van der Waals surface area contributed by atoms with Crippen molar-refractivity contribution in [3.63, 3.8) is 0 Å². The van der Waals surface area contributed by atoms with Crippen LogP contribution in [0.4, 0.5) is 5.69 Å². The van der Waals surface area contributed by atoms with Gasteiger partial charge in [0.15, 0.2) is 0 Å². The fourth-order valence-electron chi connectivity index (χ4n) is 1.76. The van der Waals surface area contributed by atoms with Crippen molar-refractivity contribution in [2.75, 3.05) is 11.8 Å². The van der Waals surface area contributed by atoms with Gasteiger partial charge in [-0.1, -0.05) is 36.4 Å². The molecule has 0 heterocycles. The van der Waals surface area contributed by atoms with E-state index < -0.39 is 16.0 Å². The van der Waals surface area contributed by atoms with Crippen LogP contribution in [0.15, 0.2) is 60.0 Å². The second-order valence-corrected chi connectivity index (χ2v) is 6.00. The normalized spacial score (nSPS) is 11.3. The van der Waals surface area contributed by atoms with E-state index in [0.29, 0.717) is 5.69 Å². The lowest BCUT2D eigenvalue weighted by Crippen LogP contribution is -2.10. The highest BCUT2D eigenvalue weighted by molar-refractivity contribution is 7.95. The number of hydrogen-bond acceptors (Lipinski definition) is 4. The quantitative estimate of drug-likeness (QED) is 0.861. The van der Waals surface area contributed by atoms with Crippen molar-refractivity contribution in [2.24, 2.45) is 0 Å². The van der Waals surface area contributed by atoms with E-state index in [2.05, 4.69) is 9.46 Å². The summed E-state index contributed by atoms with van der Waals surface area (Å²) in [5, 5.41) is 1.08. The molecule has 6 heteroatoms. The third kappa shape index (κ3) is 4.46. The number of carbonyl (C=O) groups is 1. The van der Waals surface area contributed by atoms with E-state index in [1.54, 1.807) is 30.3 Å². The van der Waals surface area contributed by atoms with Gasteiger partial charge in [-0.25, -0.2) is 13.2 Å². The Morgan fingerprint density at radius 1 is 1.09 bits per heavy atom. The molecule has 1 N–H and O–H groups in total. The first-order chi connectivity index (χ1) is 10.5. The van der Waals surface area contributed by atoms with Crippen LogP contribution >= 0.6 is 0 Å². The van der Waals surface area contributed by atoms with Gasteiger partial charge >= 0.3 is 5.97 Å². The minimum atomic E-state index is -3.66. The van der Waals surface area contributed by atoms with Gasteiger partial charge in [0.25, 0.3) is 10.0 Å². The molecule has 0 amide bonds. The second-order valence-electron chi connectivity index (χ2n) is 4.43. The Labute approximate surface area is 129 Å². The summed E-state index contributed by atoms with van der Waals surface area (Å²) < 4.78 is 31.0. The lowest BCUT2D eigenvalue weighted by atomic mass is 10.2. The number of methoxy groups -OCH3 is 1. The van der Waals surface area contributed by atoms with Gasteiger partial charge < -0.3 is 4.74 Å². The lowest BCUT2D eigenvalue weighted by molar-refractivity contribution is 0.0601. The number of ether oxygens (including phenoxy) is 1. The van der Waals surface area contributed by atoms with Gasteiger partial charge in [-0.3, -0.25) is 4.72 Å².